The quantitative estimate of drug-likeness (QED) is 0.383. The van der Waals surface area contributed by atoms with E-state index in [4.69, 9.17) is 0 Å². The van der Waals surface area contributed by atoms with Gasteiger partial charge in [0.1, 0.15) is 0 Å². The van der Waals surface area contributed by atoms with E-state index in [0.29, 0.717) is 17.8 Å². The largest absolute Gasteiger partial charge is 0.348 e. The zero-order valence-electron chi connectivity index (χ0n) is 20.9. The summed E-state index contributed by atoms with van der Waals surface area (Å²) in [6, 6.07) is 33.0. The maximum Gasteiger partial charge on any atom is 0.251 e. The van der Waals surface area contributed by atoms with E-state index in [0.717, 1.165) is 27.8 Å². The lowest BCUT2D eigenvalue weighted by molar-refractivity contribution is -0.128. The second-order valence-electron chi connectivity index (χ2n) is 10.6. The Morgan fingerprint density at radius 2 is 1.32 bits per heavy atom. The Hall–Kier alpha value is -4.51. The summed E-state index contributed by atoms with van der Waals surface area (Å²) in [4.78, 5) is 42.3. The van der Waals surface area contributed by atoms with Gasteiger partial charge in [0.15, 0.2) is 0 Å². The average molecular weight is 499 g/mol. The first kappa shape index (κ1) is 22.7. The molecule has 3 aliphatic carbocycles. The molecule has 0 aromatic heterocycles. The third kappa shape index (κ3) is 3.02. The van der Waals surface area contributed by atoms with E-state index in [-0.39, 0.29) is 29.6 Å². The van der Waals surface area contributed by atoms with E-state index in [9.17, 15) is 14.4 Å². The normalized spacial score (nSPS) is 24.6. The molecule has 0 spiro atoms. The average Bonchev–Trinajstić information content (AvgIpc) is 3.17. The van der Waals surface area contributed by atoms with Gasteiger partial charge in [-0.2, -0.15) is 0 Å². The topological polar surface area (TPSA) is 66.5 Å². The van der Waals surface area contributed by atoms with E-state index in [1.54, 1.807) is 24.3 Å². The first-order chi connectivity index (χ1) is 18.5. The third-order valence-electron chi connectivity index (χ3n) is 8.70. The molecule has 1 heterocycles. The molecule has 0 radical (unpaired) electrons. The highest BCUT2D eigenvalue weighted by molar-refractivity contribution is 6.25. The van der Waals surface area contributed by atoms with E-state index >= 15 is 0 Å². The highest BCUT2D eigenvalue weighted by atomic mass is 16.2. The zero-order chi connectivity index (χ0) is 26.0. The van der Waals surface area contributed by atoms with Crippen LogP contribution < -0.4 is 10.2 Å². The molecule has 38 heavy (non-hydrogen) atoms. The summed E-state index contributed by atoms with van der Waals surface area (Å²) >= 11 is 0. The van der Waals surface area contributed by atoms with Crippen LogP contribution in [0.2, 0.25) is 0 Å². The van der Waals surface area contributed by atoms with Crippen LogP contribution in [0.3, 0.4) is 0 Å². The van der Waals surface area contributed by atoms with Crippen molar-refractivity contribution in [3.63, 3.8) is 0 Å². The fraction of sp³-hybridized carbons (Fsp3) is 0.182. The summed E-state index contributed by atoms with van der Waals surface area (Å²) in [5.41, 5.74) is 5.69. The van der Waals surface area contributed by atoms with Gasteiger partial charge in [-0.05, 0) is 59.0 Å². The van der Waals surface area contributed by atoms with Crippen LogP contribution in [0, 0.1) is 11.3 Å². The molecule has 1 saturated heterocycles. The Morgan fingerprint density at radius 3 is 1.92 bits per heavy atom. The SMILES string of the molecule is C[C@]12C(=O)N(c3ccc(C(=O)NCc4ccccc4)cc3)C(=O)[C@@H]1C1c3ccccc3C2c2ccccc21. The molecule has 0 unspecified atom stereocenters. The molecule has 5 heteroatoms. The minimum Gasteiger partial charge on any atom is -0.348 e. The van der Waals surface area contributed by atoms with Gasteiger partial charge in [-0.1, -0.05) is 78.9 Å². The van der Waals surface area contributed by atoms with Crippen LogP contribution in [0.25, 0.3) is 0 Å². The van der Waals surface area contributed by atoms with Gasteiger partial charge in [-0.3, -0.25) is 14.4 Å². The molecular formula is C33H26N2O3. The summed E-state index contributed by atoms with van der Waals surface area (Å²) in [6.07, 6.45) is 0. The maximum atomic E-state index is 14.2. The van der Waals surface area contributed by atoms with Gasteiger partial charge in [0.2, 0.25) is 11.8 Å². The number of nitrogens with zero attached hydrogens (tertiary/aromatic N) is 1. The number of amides is 3. The van der Waals surface area contributed by atoms with Gasteiger partial charge < -0.3 is 5.32 Å². The highest BCUT2D eigenvalue weighted by Crippen LogP contribution is 2.67. The van der Waals surface area contributed by atoms with Crippen molar-refractivity contribution in [2.45, 2.75) is 25.3 Å². The lowest BCUT2D eigenvalue weighted by Gasteiger charge is -2.51. The van der Waals surface area contributed by atoms with Crippen molar-refractivity contribution in [3.8, 4) is 0 Å². The van der Waals surface area contributed by atoms with E-state index in [1.165, 1.54) is 4.90 Å². The third-order valence-corrected chi connectivity index (χ3v) is 8.70. The minimum atomic E-state index is -0.879. The van der Waals surface area contributed by atoms with Crippen LogP contribution in [-0.4, -0.2) is 17.7 Å². The summed E-state index contributed by atoms with van der Waals surface area (Å²) in [6.45, 7) is 2.39. The van der Waals surface area contributed by atoms with Crippen molar-refractivity contribution in [2.24, 2.45) is 11.3 Å². The molecule has 2 atom stereocenters. The Balaban J connectivity index is 1.22. The van der Waals surface area contributed by atoms with Crippen LogP contribution in [-0.2, 0) is 16.1 Å². The molecule has 8 rings (SSSR count). The molecule has 3 amide bonds. The maximum absolute atomic E-state index is 14.2. The first-order valence-corrected chi connectivity index (χ1v) is 13.0. The van der Waals surface area contributed by atoms with Crippen molar-refractivity contribution in [3.05, 3.63) is 137 Å². The molecule has 1 N–H and O–H groups in total. The molecule has 186 valence electrons. The summed E-state index contributed by atoms with van der Waals surface area (Å²) in [5.74, 6) is -1.37. The Morgan fingerprint density at radius 1 is 0.763 bits per heavy atom. The smallest absolute Gasteiger partial charge is 0.251 e. The number of carbonyl (C=O) groups excluding carboxylic acids is 3. The molecule has 5 nitrogen and oxygen atoms in total. The van der Waals surface area contributed by atoms with Gasteiger partial charge in [-0.15, -0.1) is 0 Å². The number of rotatable bonds is 4. The van der Waals surface area contributed by atoms with Gasteiger partial charge >= 0.3 is 0 Å². The number of imide groups is 1. The van der Waals surface area contributed by atoms with Crippen LogP contribution in [0.15, 0.2) is 103 Å². The van der Waals surface area contributed by atoms with Crippen LogP contribution in [0.4, 0.5) is 5.69 Å². The summed E-state index contributed by atoms with van der Waals surface area (Å²) in [7, 11) is 0. The number of carbonyl (C=O) groups is 3. The standard InChI is InChI=1S/C33H26N2O3/c1-33-28-25-13-7-5-11-23(25)27(24-12-6-8-14-26(24)28)29(33)31(37)35(32(33)38)22-17-15-21(16-18-22)30(36)34-19-20-9-3-2-4-10-20/h2-18,27-29H,19H2,1H3,(H,34,36)/t27?,28?,29-,33+/m0/s1. The Kier molecular flexibility index (Phi) is 4.92. The number of anilines is 1. The van der Waals surface area contributed by atoms with Gasteiger partial charge in [0, 0.05) is 23.9 Å². The predicted octanol–water partition coefficient (Wildman–Crippen LogP) is 5.40. The molecule has 1 aliphatic heterocycles. The van der Waals surface area contributed by atoms with Crippen LogP contribution >= 0.6 is 0 Å². The molecule has 1 fully saturated rings. The van der Waals surface area contributed by atoms with E-state index in [1.807, 2.05) is 61.5 Å². The second kappa shape index (κ2) is 8.25. The van der Waals surface area contributed by atoms with Gasteiger partial charge in [-0.25, -0.2) is 4.90 Å². The second-order valence-corrected chi connectivity index (χ2v) is 10.6. The van der Waals surface area contributed by atoms with Crippen molar-refractivity contribution in [1.29, 1.82) is 0 Å². The molecule has 4 aliphatic rings. The Labute approximate surface area is 221 Å². The lowest BCUT2D eigenvalue weighted by atomic mass is 9.48. The molecule has 0 saturated carbocycles. The fourth-order valence-corrected chi connectivity index (χ4v) is 7.00. The van der Waals surface area contributed by atoms with Gasteiger partial charge in [0.05, 0.1) is 17.0 Å². The van der Waals surface area contributed by atoms with Crippen molar-refractivity contribution in [1.82, 2.24) is 5.32 Å². The first-order valence-electron chi connectivity index (χ1n) is 13.0. The van der Waals surface area contributed by atoms with E-state index < -0.39 is 11.3 Å². The van der Waals surface area contributed by atoms with Crippen LogP contribution in [0.1, 0.15) is 56.9 Å². The monoisotopic (exact) mass is 498 g/mol. The fourth-order valence-electron chi connectivity index (χ4n) is 7.00. The van der Waals surface area contributed by atoms with Crippen LogP contribution in [0.5, 0.6) is 0 Å². The minimum absolute atomic E-state index is 0.165. The highest BCUT2D eigenvalue weighted by Gasteiger charge is 2.68. The predicted molar refractivity (Wildman–Crippen MR) is 145 cm³/mol. The van der Waals surface area contributed by atoms with Crippen molar-refractivity contribution in [2.75, 3.05) is 4.90 Å². The molecular weight excluding hydrogens is 472 g/mol. The molecule has 4 aromatic carbocycles. The molecule has 2 bridgehead atoms. The van der Waals surface area contributed by atoms with Gasteiger partial charge in [0.25, 0.3) is 5.91 Å². The van der Waals surface area contributed by atoms with Crippen molar-refractivity contribution >= 4 is 23.4 Å². The number of hydrogen-bond donors (Lipinski definition) is 1. The van der Waals surface area contributed by atoms with Crippen molar-refractivity contribution < 1.29 is 14.4 Å². The number of benzene rings is 4. The van der Waals surface area contributed by atoms with E-state index in [2.05, 4.69) is 29.6 Å². The zero-order valence-corrected chi connectivity index (χ0v) is 20.9. The summed E-state index contributed by atoms with van der Waals surface area (Å²) in [5, 5.41) is 2.92. The lowest BCUT2D eigenvalue weighted by Crippen LogP contribution is -2.49. The Bertz CT molecular complexity index is 1560. The number of nitrogens with one attached hydrogen (secondary N) is 1. The molecule has 4 aromatic rings. The number of hydrogen-bond acceptors (Lipinski definition) is 3. The summed E-state index contributed by atoms with van der Waals surface area (Å²) < 4.78 is 0.